The van der Waals surface area contributed by atoms with E-state index in [1.165, 1.54) is 25.7 Å². The minimum Gasteiger partial charge on any atom is -0.378 e. The number of ether oxygens (including phenoxy) is 1. The molecule has 2 nitrogen and oxygen atoms in total. The van der Waals surface area contributed by atoms with Gasteiger partial charge in [0.05, 0.1) is 13.3 Å². The third-order valence-electron chi connectivity index (χ3n) is 3.50. The maximum atomic E-state index is 6.14. The van der Waals surface area contributed by atoms with Gasteiger partial charge in [-0.2, -0.15) is 0 Å². The highest BCUT2D eigenvalue weighted by Crippen LogP contribution is 2.37. The summed E-state index contributed by atoms with van der Waals surface area (Å²) >= 11 is 0. The van der Waals surface area contributed by atoms with Gasteiger partial charge in [-0.1, -0.05) is 19.6 Å². The zero-order chi connectivity index (χ0) is 10.7. The van der Waals surface area contributed by atoms with E-state index in [-0.39, 0.29) is 5.22 Å². The zero-order valence-corrected chi connectivity index (χ0v) is 10.9. The normalized spacial score (nSPS) is 29.1. The molecule has 0 aliphatic carbocycles. The first-order valence-electron chi connectivity index (χ1n) is 5.86. The molecule has 14 heavy (non-hydrogen) atoms. The van der Waals surface area contributed by atoms with Crippen molar-refractivity contribution in [3.05, 3.63) is 0 Å². The van der Waals surface area contributed by atoms with Gasteiger partial charge in [-0.05, 0) is 38.6 Å². The monoisotopic (exact) mass is 215 g/mol. The van der Waals surface area contributed by atoms with E-state index in [9.17, 15) is 0 Å². The molecule has 1 unspecified atom stereocenters. The molecule has 0 amide bonds. The maximum absolute atomic E-state index is 6.14. The second-order valence-electron chi connectivity index (χ2n) is 5.44. The number of hydrogen-bond donors (Lipinski definition) is 1. The molecule has 1 heterocycles. The molecule has 0 saturated carbocycles. The fourth-order valence-corrected chi connectivity index (χ4v) is 4.79. The summed E-state index contributed by atoms with van der Waals surface area (Å²) in [5, 5.41) is 0.227. The topological polar surface area (TPSA) is 35.2 Å². The van der Waals surface area contributed by atoms with Gasteiger partial charge in [-0.3, -0.25) is 0 Å². The van der Waals surface area contributed by atoms with Crippen LogP contribution in [-0.4, -0.2) is 26.4 Å². The molecule has 2 N–H and O–H groups in total. The summed E-state index contributed by atoms with van der Waals surface area (Å²) in [6.07, 6.45) is 6.15. The Bertz CT molecular complexity index is 171. The van der Waals surface area contributed by atoms with E-state index in [0.717, 1.165) is 19.6 Å². The number of hydrogen-bond acceptors (Lipinski definition) is 2. The van der Waals surface area contributed by atoms with E-state index < -0.39 is 8.07 Å². The van der Waals surface area contributed by atoms with Crippen LogP contribution in [0.2, 0.25) is 19.6 Å². The SMILES string of the molecule is C[Si](C)(C)C1(CCCN)CCCCO1. The lowest BCUT2D eigenvalue weighted by Crippen LogP contribution is -2.56. The molecule has 0 aromatic heterocycles. The second kappa shape index (κ2) is 4.77. The van der Waals surface area contributed by atoms with Crippen LogP contribution < -0.4 is 5.73 Å². The highest BCUT2D eigenvalue weighted by molar-refractivity contribution is 6.79. The fraction of sp³-hybridized carbons (Fsp3) is 1.00. The average Bonchev–Trinajstić information content (AvgIpc) is 2.14. The molecule has 84 valence electrons. The molecule has 1 aliphatic rings. The Morgan fingerprint density at radius 1 is 1.29 bits per heavy atom. The Morgan fingerprint density at radius 2 is 2.00 bits per heavy atom. The minimum atomic E-state index is -1.22. The summed E-state index contributed by atoms with van der Waals surface area (Å²) in [5.41, 5.74) is 5.61. The smallest absolute Gasteiger partial charge is 0.0824 e. The highest BCUT2D eigenvalue weighted by Gasteiger charge is 2.44. The van der Waals surface area contributed by atoms with Crippen molar-refractivity contribution in [3.8, 4) is 0 Å². The van der Waals surface area contributed by atoms with E-state index in [1.807, 2.05) is 0 Å². The van der Waals surface area contributed by atoms with Crippen molar-refractivity contribution in [1.82, 2.24) is 0 Å². The van der Waals surface area contributed by atoms with E-state index >= 15 is 0 Å². The third-order valence-corrected chi connectivity index (χ3v) is 6.88. The molecule has 1 aliphatic heterocycles. The molecular weight excluding hydrogens is 190 g/mol. The summed E-state index contributed by atoms with van der Waals surface area (Å²) in [6.45, 7) is 9.04. The van der Waals surface area contributed by atoms with Crippen molar-refractivity contribution < 1.29 is 4.74 Å². The van der Waals surface area contributed by atoms with Gasteiger partial charge in [0.25, 0.3) is 0 Å². The highest BCUT2D eigenvalue weighted by atomic mass is 28.3. The van der Waals surface area contributed by atoms with E-state index in [2.05, 4.69) is 19.6 Å². The standard InChI is InChI=1S/C11H25NOSi/c1-14(2,3)11(8-6-9-12)7-4-5-10-13-11/h4-10,12H2,1-3H3. The molecule has 0 spiro atoms. The van der Waals surface area contributed by atoms with Crippen LogP contribution in [0.15, 0.2) is 0 Å². The van der Waals surface area contributed by atoms with Crippen LogP contribution in [0.3, 0.4) is 0 Å². The molecule has 1 rings (SSSR count). The van der Waals surface area contributed by atoms with E-state index in [4.69, 9.17) is 10.5 Å². The van der Waals surface area contributed by atoms with Gasteiger partial charge >= 0.3 is 0 Å². The van der Waals surface area contributed by atoms with Crippen molar-refractivity contribution in [1.29, 1.82) is 0 Å². The summed E-state index contributed by atoms with van der Waals surface area (Å²) in [5.74, 6) is 0. The van der Waals surface area contributed by atoms with Crippen LogP contribution in [0, 0.1) is 0 Å². The largest absolute Gasteiger partial charge is 0.378 e. The molecule has 1 saturated heterocycles. The Labute approximate surface area is 89.2 Å². The summed E-state index contributed by atoms with van der Waals surface area (Å²) in [7, 11) is -1.22. The first-order chi connectivity index (χ1) is 6.52. The van der Waals surface area contributed by atoms with Gasteiger partial charge in [0.1, 0.15) is 0 Å². The first kappa shape index (κ1) is 12.2. The van der Waals surface area contributed by atoms with Gasteiger partial charge in [-0.15, -0.1) is 0 Å². The van der Waals surface area contributed by atoms with Gasteiger partial charge in [0.15, 0.2) is 0 Å². The summed E-state index contributed by atoms with van der Waals surface area (Å²) in [4.78, 5) is 0. The maximum Gasteiger partial charge on any atom is 0.0824 e. The zero-order valence-electron chi connectivity index (χ0n) is 9.94. The van der Waals surface area contributed by atoms with Crippen molar-refractivity contribution in [2.24, 2.45) is 5.73 Å². The molecule has 1 atom stereocenters. The van der Waals surface area contributed by atoms with Crippen molar-refractivity contribution in [2.45, 2.75) is 57.0 Å². The van der Waals surface area contributed by atoms with E-state index in [0.29, 0.717) is 0 Å². The lowest BCUT2D eigenvalue weighted by Gasteiger charge is -2.46. The first-order valence-corrected chi connectivity index (χ1v) is 9.36. The Morgan fingerprint density at radius 3 is 2.43 bits per heavy atom. The molecule has 0 aromatic rings. The molecule has 0 radical (unpaired) electrons. The molecular formula is C11H25NOSi. The lowest BCUT2D eigenvalue weighted by atomic mass is 10.0. The van der Waals surface area contributed by atoms with Crippen LogP contribution in [0.5, 0.6) is 0 Å². The Balaban J connectivity index is 2.67. The van der Waals surface area contributed by atoms with Crippen LogP contribution in [0.1, 0.15) is 32.1 Å². The van der Waals surface area contributed by atoms with Crippen LogP contribution in [0.4, 0.5) is 0 Å². The van der Waals surface area contributed by atoms with Crippen molar-refractivity contribution >= 4 is 8.07 Å². The Hall–Kier alpha value is 0.137. The average molecular weight is 215 g/mol. The molecule has 3 heteroatoms. The van der Waals surface area contributed by atoms with Crippen LogP contribution in [-0.2, 0) is 4.74 Å². The fourth-order valence-electron chi connectivity index (χ4n) is 2.40. The number of nitrogens with two attached hydrogens (primary N) is 1. The van der Waals surface area contributed by atoms with Crippen LogP contribution in [0.25, 0.3) is 0 Å². The summed E-state index contributed by atoms with van der Waals surface area (Å²) in [6, 6.07) is 0. The molecule has 1 fully saturated rings. The second-order valence-corrected chi connectivity index (χ2v) is 10.9. The minimum absolute atomic E-state index is 0.227. The predicted molar refractivity (Wildman–Crippen MR) is 64.2 cm³/mol. The Kier molecular flexibility index (Phi) is 4.16. The van der Waals surface area contributed by atoms with Crippen LogP contribution >= 0.6 is 0 Å². The van der Waals surface area contributed by atoms with Crippen molar-refractivity contribution in [3.63, 3.8) is 0 Å². The van der Waals surface area contributed by atoms with Crippen molar-refractivity contribution in [2.75, 3.05) is 13.2 Å². The lowest BCUT2D eigenvalue weighted by molar-refractivity contribution is -0.0317. The predicted octanol–water partition coefficient (Wildman–Crippen LogP) is 2.54. The van der Waals surface area contributed by atoms with E-state index in [1.54, 1.807) is 0 Å². The van der Waals surface area contributed by atoms with Gasteiger partial charge < -0.3 is 10.5 Å². The third kappa shape index (κ3) is 2.58. The number of rotatable bonds is 4. The molecule has 0 aromatic carbocycles. The van der Waals surface area contributed by atoms with Gasteiger partial charge in [0.2, 0.25) is 0 Å². The van der Waals surface area contributed by atoms with Gasteiger partial charge in [0, 0.05) is 6.61 Å². The molecule has 0 bridgehead atoms. The quantitative estimate of drug-likeness (QED) is 0.732. The van der Waals surface area contributed by atoms with Gasteiger partial charge in [-0.25, -0.2) is 0 Å². The summed E-state index contributed by atoms with van der Waals surface area (Å²) < 4.78 is 6.14.